The van der Waals surface area contributed by atoms with Crippen LogP contribution in [0.25, 0.3) is 10.9 Å². The highest BCUT2D eigenvalue weighted by Crippen LogP contribution is 2.22. The van der Waals surface area contributed by atoms with Crippen molar-refractivity contribution >= 4 is 28.3 Å². The van der Waals surface area contributed by atoms with E-state index in [2.05, 4.69) is 17.2 Å². The number of carbonyl (C=O) groups excluding carboxylic acids is 2. The Hall–Kier alpha value is -2.92. The standard InChI is InChI=1S/C23H27N3O2/c1-5-17-10-6-8-12-19(17)25-21(27)14-26(4)16(3)23(28)22-15(2)24-20-13-9-7-11-18(20)22/h6-13,16,24H,5,14H2,1-4H3,(H,25,27)/p+1/t16-/m1/s1. The van der Waals surface area contributed by atoms with E-state index in [9.17, 15) is 9.59 Å². The van der Waals surface area contributed by atoms with E-state index in [-0.39, 0.29) is 24.3 Å². The number of anilines is 1. The molecule has 146 valence electrons. The third-order valence-corrected chi connectivity index (χ3v) is 5.38. The molecular weight excluding hydrogens is 350 g/mol. The SMILES string of the molecule is CCc1ccccc1NC(=O)C[NH+](C)[C@H](C)C(=O)c1c(C)[nH]c2ccccc12. The fourth-order valence-electron chi connectivity index (χ4n) is 3.59. The molecule has 0 radical (unpaired) electrons. The summed E-state index contributed by atoms with van der Waals surface area (Å²) in [4.78, 5) is 29.8. The zero-order valence-electron chi connectivity index (χ0n) is 16.9. The number of aromatic nitrogens is 1. The first-order chi connectivity index (χ1) is 13.4. The number of H-pyrrole nitrogens is 1. The van der Waals surface area contributed by atoms with Gasteiger partial charge in [-0.1, -0.05) is 43.3 Å². The predicted molar refractivity (Wildman–Crippen MR) is 113 cm³/mol. The van der Waals surface area contributed by atoms with Crippen LogP contribution in [-0.2, 0) is 11.2 Å². The topological polar surface area (TPSA) is 66.4 Å². The number of fused-ring (bicyclic) bond motifs is 1. The summed E-state index contributed by atoms with van der Waals surface area (Å²) >= 11 is 0. The highest BCUT2D eigenvalue weighted by molar-refractivity contribution is 6.11. The summed E-state index contributed by atoms with van der Waals surface area (Å²) in [6.45, 7) is 6.09. The maximum Gasteiger partial charge on any atom is 0.279 e. The van der Waals surface area contributed by atoms with Crippen molar-refractivity contribution in [3.8, 4) is 0 Å². The molecule has 0 aliphatic carbocycles. The second-order valence-corrected chi connectivity index (χ2v) is 7.34. The zero-order valence-corrected chi connectivity index (χ0v) is 16.9. The number of Topliss-reactive ketones (excluding diaryl/α,β-unsaturated/α-hetero) is 1. The van der Waals surface area contributed by atoms with Gasteiger partial charge in [0, 0.05) is 22.3 Å². The molecule has 0 aliphatic rings. The van der Waals surface area contributed by atoms with E-state index < -0.39 is 0 Å². The minimum absolute atomic E-state index is 0.0502. The second-order valence-electron chi connectivity index (χ2n) is 7.34. The first-order valence-electron chi connectivity index (χ1n) is 9.74. The molecular formula is C23H28N3O2+. The minimum Gasteiger partial charge on any atom is -0.358 e. The number of amides is 1. The van der Waals surface area contributed by atoms with Gasteiger partial charge in [-0.3, -0.25) is 9.59 Å². The maximum atomic E-state index is 13.1. The van der Waals surface area contributed by atoms with E-state index >= 15 is 0 Å². The Kier molecular flexibility index (Phi) is 5.95. The maximum absolute atomic E-state index is 13.1. The lowest BCUT2D eigenvalue weighted by atomic mass is 10.0. The summed E-state index contributed by atoms with van der Waals surface area (Å²) in [5, 5.41) is 3.92. The highest BCUT2D eigenvalue weighted by atomic mass is 16.2. The Morgan fingerprint density at radius 2 is 1.79 bits per heavy atom. The quantitative estimate of drug-likeness (QED) is 0.554. The van der Waals surface area contributed by atoms with Crippen LogP contribution in [0, 0.1) is 6.92 Å². The molecule has 0 spiro atoms. The van der Waals surface area contributed by atoms with E-state index in [1.54, 1.807) is 0 Å². The van der Waals surface area contributed by atoms with Gasteiger partial charge >= 0.3 is 0 Å². The monoisotopic (exact) mass is 378 g/mol. The molecule has 5 heteroatoms. The van der Waals surface area contributed by atoms with Crippen molar-refractivity contribution in [2.45, 2.75) is 33.2 Å². The summed E-state index contributed by atoms with van der Waals surface area (Å²) in [7, 11) is 1.89. The average molecular weight is 378 g/mol. The molecule has 1 heterocycles. The van der Waals surface area contributed by atoms with Gasteiger partial charge < -0.3 is 15.2 Å². The van der Waals surface area contributed by atoms with Crippen LogP contribution in [0.15, 0.2) is 48.5 Å². The number of hydrogen-bond donors (Lipinski definition) is 3. The highest BCUT2D eigenvalue weighted by Gasteiger charge is 2.28. The number of aryl methyl sites for hydroxylation is 2. The molecule has 1 amide bonds. The van der Waals surface area contributed by atoms with Crippen LogP contribution >= 0.6 is 0 Å². The van der Waals surface area contributed by atoms with Crippen LogP contribution in [0.2, 0.25) is 0 Å². The average Bonchev–Trinajstić information content (AvgIpc) is 3.02. The second kappa shape index (κ2) is 8.40. The third kappa shape index (κ3) is 3.99. The summed E-state index contributed by atoms with van der Waals surface area (Å²) in [6, 6.07) is 15.3. The predicted octanol–water partition coefficient (Wildman–Crippen LogP) is 2.76. The van der Waals surface area contributed by atoms with Gasteiger partial charge in [-0.05, 0) is 38.0 Å². The molecule has 0 fully saturated rings. The number of nitrogens with one attached hydrogen (secondary N) is 3. The van der Waals surface area contributed by atoms with Gasteiger partial charge in [0.2, 0.25) is 5.78 Å². The zero-order chi connectivity index (χ0) is 20.3. The van der Waals surface area contributed by atoms with Crippen molar-refractivity contribution in [3.63, 3.8) is 0 Å². The van der Waals surface area contributed by atoms with Gasteiger partial charge in [0.25, 0.3) is 5.91 Å². The van der Waals surface area contributed by atoms with E-state index in [0.717, 1.165) is 44.7 Å². The van der Waals surface area contributed by atoms with E-state index in [1.807, 2.05) is 69.4 Å². The van der Waals surface area contributed by atoms with Crippen LogP contribution in [0.5, 0.6) is 0 Å². The molecule has 5 nitrogen and oxygen atoms in total. The van der Waals surface area contributed by atoms with E-state index in [0.29, 0.717) is 0 Å². The Morgan fingerprint density at radius 3 is 2.54 bits per heavy atom. The molecule has 0 bridgehead atoms. The van der Waals surface area contributed by atoms with Crippen LogP contribution in [-0.4, -0.2) is 36.3 Å². The van der Waals surface area contributed by atoms with Crippen molar-refractivity contribution in [1.29, 1.82) is 0 Å². The molecule has 0 saturated carbocycles. The number of quaternary nitrogens is 1. The lowest BCUT2D eigenvalue weighted by Crippen LogP contribution is -3.14. The number of carbonyl (C=O) groups is 2. The molecule has 3 N–H and O–H groups in total. The largest absolute Gasteiger partial charge is 0.358 e. The van der Waals surface area contributed by atoms with E-state index in [1.165, 1.54) is 0 Å². The number of rotatable bonds is 7. The van der Waals surface area contributed by atoms with Crippen molar-refractivity contribution in [1.82, 2.24) is 4.98 Å². The Labute approximate surface area is 165 Å². The molecule has 2 atom stereocenters. The summed E-state index contributed by atoms with van der Waals surface area (Å²) in [5.41, 5.74) is 4.50. The van der Waals surface area contributed by atoms with Gasteiger partial charge in [-0.25, -0.2) is 0 Å². The summed E-state index contributed by atoms with van der Waals surface area (Å²) in [6.07, 6.45) is 0.855. The van der Waals surface area contributed by atoms with Crippen molar-refractivity contribution in [2.24, 2.45) is 0 Å². The molecule has 3 rings (SSSR count). The molecule has 2 aromatic carbocycles. The smallest absolute Gasteiger partial charge is 0.279 e. The number of aromatic amines is 1. The van der Waals surface area contributed by atoms with Crippen LogP contribution in [0.1, 0.15) is 35.5 Å². The molecule has 1 aromatic heterocycles. The van der Waals surface area contributed by atoms with Gasteiger partial charge in [-0.2, -0.15) is 0 Å². The van der Waals surface area contributed by atoms with E-state index in [4.69, 9.17) is 0 Å². The number of para-hydroxylation sites is 2. The molecule has 3 aromatic rings. The first-order valence-corrected chi connectivity index (χ1v) is 9.74. The number of benzene rings is 2. The first kappa shape index (κ1) is 19.8. The number of likely N-dealkylation sites (N-methyl/N-ethyl adjacent to an activating group) is 1. The van der Waals surface area contributed by atoms with Gasteiger partial charge in [0.1, 0.15) is 6.04 Å². The van der Waals surface area contributed by atoms with Crippen LogP contribution in [0.3, 0.4) is 0 Å². The number of ketones is 1. The van der Waals surface area contributed by atoms with Crippen LogP contribution < -0.4 is 10.2 Å². The molecule has 28 heavy (non-hydrogen) atoms. The lowest BCUT2D eigenvalue weighted by molar-refractivity contribution is -0.885. The van der Waals surface area contributed by atoms with Gasteiger partial charge in [-0.15, -0.1) is 0 Å². The summed E-state index contributed by atoms with van der Waals surface area (Å²) in [5.74, 6) is -0.0390. The Bertz CT molecular complexity index is 1010. The molecule has 1 unspecified atom stereocenters. The fraction of sp³-hybridized carbons (Fsp3) is 0.304. The number of hydrogen-bond acceptors (Lipinski definition) is 2. The Morgan fingerprint density at radius 1 is 1.11 bits per heavy atom. The molecule has 0 aliphatic heterocycles. The van der Waals surface area contributed by atoms with Crippen LogP contribution in [0.4, 0.5) is 5.69 Å². The third-order valence-electron chi connectivity index (χ3n) is 5.38. The summed E-state index contributed by atoms with van der Waals surface area (Å²) < 4.78 is 0. The normalized spacial score (nSPS) is 13.3. The lowest BCUT2D eigenvalue weighted by Gasteiger charge is -2.21. The Balaban J connectivity index is 1.71. The van der Waals surface area contributed by atoms with Crippen molar-refractivity contribution in [3.05, 3.63) is 65.4 Å². The van der Waals surface area contributed by atoms with Crippen molar-refractivity contribution in [2.75, 3.05) is 18.9 Å². The van der Waals surface area contributed by atoms with Crippen molar-refractivity contribution < 1.29 is 14.5 Å². The molecule has 0 saturated heterocycles. The minimum atomic E-state index is -0.329. The van der Waals surface area contributed by atoms with Gasteiger partial charge in [0.05, 0.1) is 12.6 Å². The van der Waals surface area contributed by atoms with Gasteiger partial charge in [0.15, 0.2) is 6.54 Å². The fourth-order valence-corrected chi connectivity index (χ4v) is 3.59.